The van der Waals surface area contributed by atoms with Crippen LogP contribution < -0.4 is 10.1 Å². The molecule has 0 aliphatic carbocycles. The van der Waals surface area contributed by atoms with Crippen LogP contribution in [0.3, 0.4) is 0 Å². The van der Waals surface area contributed by atoms with Crippen LogP contribution in [0.15, 0.2) is 42.5 Å². The largest absolute Gasteiger partial charge is 0.495 e. The van der Waals surface area contributed by atoms with Crippen molar-refractivity contribution in [3.63, 3.8) is 0 Å². The fraction of sp³-hybridized carbons (Fsp3) is 0.304. The summed E-state index contributed by atoms with van der Waals surface area (Å²) in [5.74, 6) is 0.165. The summed E-state index contributed by atoms with van der Waals surface area (Å²) in [5, 5.41) is 3.84. The van der Waals surface area contributed by atoms with Crippen LogP contribution in [0.25, 0.3) is 11.3 Å². The number of nitrogens with zero attached hydrogens (tertiary/aromatic N) is 1. The quantitative estimate of drug-likeness (QED) is 0.581. The minimum Gasteiger partial charge on any atom is -0.495 e. The van der Waals surface area contributed by atoms with Gasteiger partial charge in [-0.15, -0.1) is 11.3 Å². The average molecular weight is 413 g/mol. The lowest BCUT2D eigenvalue weighted by Gasteiger charge is -2.21. The molecule has 1 amide bonds. The Morgan fingerprint density at radius 2 is 1.86 bits per heavy atom. The van der Waals surface area contributed by atoms with E-state index in [1.807, 2.05) is 25.1 Å². The van der Waals surface area contributed by atoms with Crippen molar-refractivity contribution in [1.82, 2.24) is 4.98 Å². The van der Waals surface area contributed by atoms with E-state index in [0.717, 1.165) is 26.7 Å². The van der Waals surface area contributed by atoms with Crippen molar-refractivity contribution in [1.29, 1.82) is 0 Å². The van der Waals surface area contributed by atoms with Gasteiger partial charge in [0.2, 0.25) is 5.91 Å². The zero-order valence-corrected chi connectivity index (χ0v) is 18.1. The number of halogens is 1. The second-order valence-corrected chi connectivity index (χ2v) is 9.19. The summed E-state index contributed by atoms with van der Waals surface area (Å²) in [6, 6.07) is 12.0. The standard InChI is InChI=1S/C23H25FN2O2S/c1-14-25-22(15-6-9-17(24)10-7-15)20(29-14)13-21(27)26-18-12-16(23(2,3)4)8-11-19(18)28-5/h6-12H,13H2,1-5H3,(H,26,27). The summed E-state index contributed by atoms with van der Waals surface area (Å²) < 4.78 is 18.7. The number of rotatable bonds is 5. The van der Waals surface area contributed by atoms with Gasteiger partial charge in [-0.1, -0.05) is 26.8 Å². The number of methoxy groups -OCH3 is 1. The van der Waals surface area contributed by atoms with Crippen LogP contribution in [0.4, 0.5) is 10.1 Å². The maximum atomic E-state index is 13.3. The number of aryl methyl sites for hydroxylation is 1. The fourth-order valence-corrected chi connectivity index (χ4v) is 3.99. The van der Waals surface area contributed by atoms with Crippen molar-refractivity contribution in [3.05, 3.63) is 63.7 Å². The molecule has 1 heterocycles. The predicted octanol–water partition coefficient (Wildman–Crippen LogP) is 5.74. The highest BCUT2D eigenvalue weighted by Gasteiger charge is 2.19. The van der Waals surface area contributed by atoms with Gasteiger partial charge in [-0.3, -0.25) is 4.79 Å². The van der Waals surface area contributed by atoms with Gasteiger partial charge in [0.25, 0.3) is 0 Å². The molecule has 0 bridgehead atoms. The Balaban J connectivity index is 1.84. The Morgan fingerprint density at radius 1 is 1.17 bits per heavy atom. The van der Waals surface area contributed by atoms with Crippen LogP contribution in [-0.4, -0.2) is 18.0 Å². The smallest absolute Gasteiger partial charge is 0.229 e. The Labute approximate surface area is 174 Å². The van der Waals surface area contributed by atoms with Crippen LogP contribution >= 0.6 is 11.3 Å². The number of benzene rings is 2. The molecule has 1 aromatic heterocycles. The summed E-state index contributed by atoms with van der Waals surface area (Å²) in [6.45, 7) is 8.26. The summed E-state index contributed by atoms with van der Waals surface area (Å²) in [7, 11) is 1.58. The topological polar surface area (TPSA) is 51.2 Å². The van der Waals surface area contributed by atoms with Crippen molar-refractivity contribution in [2.75, 3.05) is 12.4 Å². The molecule has 0 aliphatic heterocycles. The van der Waals surface area contributed by atoms with Crippen LogP contribution in [0.2, 0.25) is 0 Å². The molecule has 0 fully saturated rings. The second-order valence-electron chi connectivity index (χ2n) is 7.90. The van der Waals surface area contributed by atoms with E-state index in [2.05, 4.69) is 31.1 Å². The van der Waals surface area contributed by atoms with Crippen molar-refractivity contribution in [2.24, 2.45) is 0 Å². The van der Waals surface area contributed by atoms with Crippen LogP contribution in [0.1, 0.15) is 36.2 Å². The second kappa shape index (κ2) is 8.33. The highest BCUT2D eigenvalue weighted by atomic mass is 32.1. The summed E-state index contributed by atoms with van der Waals surface area (Å²) >= 11 is 1.47. The van der Waals surface area contributed by atoms with Gasteiger partial charge >= 0.3 is 0 Å². The molecule has 0 saturated heterocycles. The Bertz CT molecular complexity index is 1020. The molecule has 2 aromatic carbocycles. The first kappa shape index (κ1) is 21.0. The molecule has 1 N–H and O–H groups in total. The Hall–Kier alpha value is -2.73. The van der Waals surface area contributed by atoms with E-state index in [-0.39, 0.29) is 23.6 Å². The molecule has 0 aliphatic rings. The van der Waals surface area contributed by atoms with Gasteiger partial charge in [-0.05, 0) is 54.3 Å². The SMILES string of the molecule is COc1ccc(C(C)(C)C)cc1NC(=O)Cc1sc(C)nc1-c1ccc(F)cc1. The molecule has 29 heavy (non-hydrogen) atoms. The monoisotopic (exact) mass is 412 g/mol. The first-order valence-corrected chi connectivity index (χ1v) is 10.2. The van der Waals surface area contributed by atoms with Crippen molar-refractivity contribution >= 4 is 22.9 Å². The number of carbonyl (C=O) groups is 1. The van der Waals surface area contributed by atoms with Gasteiger partial charge in [0.15, 0.2) is 0 Å². The molecule has 0 radical (unpaired) electrons. The number of amides is 1. The van der Waals surface area contributed by atoms with Gasteiger partial charge in [0.1, 0.15) is 11.6 Å². The molecule has 3 aromatic rings. The van der Waals surface area contributed by atoms with Crippen LogP contribution in [0.5, 0.6) is 5.75 Å². The highest BCUT2D eigenvalue weighted by molar-refractivity contribution is 7.12. The minimum absolute atomic E-state index is 0.0454. The van der Waals surface area contributed by atoms with Crippen LogP contribution in [0, 0.1) is 12.7 Å². The zero-order valence-electron chi connectivity index (χ0n) is 17.3. The number of carbonyl (C=O) groups excluding carboxylic acids is 1. The van der Waals surface area contributed by atoms with Crippen molar-refractivity contribution < 1.29 is 13.9 Å². The number of anilines is 1. The normalized spacial score (nSPS) is 11.4. The lowest BCUT2D eigenvalue weighted by atomic mass is 9.87. The average Bonchev–Trinajstić information content (AvgIpc) is 3.01. The molecule has 3 rings (SSSR count). The van der Waals surface area contributed by atoms with E-state index in [9.17, 15) is 9.18 Å². The Morgan fingerprint density at radius 3 is 2.48 bits per heavy atom. The van der Waals surface area contributed by atoms with Crippen LogP contribution in [-0.2, 0) is 16.6 Å². The molecule has 0 atom stereocenters. The van der Waals surface area contributed by atoms with Gasteiger partial charge in [-0.25, -0.2) is 9.37 Å². The number of thiazole rings is 1. The van der Waals surface area contributed by atoms with Gasteiger partial charge in [0.05, 0.1) is 29.9 Å². The van der Waals surface area contributed by atoms with E-state index in [4.69, 9.17) is 4.74 Å². The molecular formula is C23H25FN2O2S. The van der Waals surface area contributed by atoms with E-state index >= 15 is 0 Å². The third-order valence-corrected chi connectivity index (χ3v) is 5.55. The van der Waals surface area contributed by atoms with Gasteiger partial charge < -0.3 is 10.1 Å². The first-order chi connectivity index (χ1) is 13.7. The predicted molar refractivity (Wildman–Crippen MR) is 116 cm³/mol. The molecule has 152 valence electrons. The number of nitrogens with one attached hydrogen (secondary N) is 1. The number of hydrogen-bond acceptors (Lipinski definition) is 4. The number of hydrogen-bond donors (Lipinski definition) is 1. The summed E-state index contributed by atoms with van der Waals surface area (Å²) in [5.41, 5.74) is 3.23. The molecule has 0 spiro atoms. The molecule has 4 nitrogen and oxygen atoms in total. The van der Waals surface area contributed by atoms with E-state index in [1.165, 1.54) is 23.5 Å². The number of aromatic nitrogens is 1. The summed E-state index contributed by atoms with van der Waals surface area (Å²) in [4.78, 5) is 18.2. The third-order valence-electron chi connectivity index (χ3n) is 4.58. The maximum Gasteiger partial charge on any atom is 0.229 e. The molecule has 0 saturated carbocycles. The van der Waals surface area contributed by atoms with Gasteiger partial charge in [-0.2, -0.15) is 0 Å². The minimum atomic E-state index is -0.300. The maximum absolute atomic E-state index is 13.3. The van der Waals surface area contributed by atoms with E-state index in [1.54, 1.807) is 19.2 Å². The highest BCUT2D eigenvalue weighted by Crippen LogP contribution is 2.32. The summed E-state index contributed by atoms with van der Waals surface area (Å²) in [6.07, 6.45) is 0.182. The first-order valence-electron chi connectivity index (χ1n) is 9.38. The van der Waals surface area contributed by atoms with E-state index < -0.39 is 0 Å². The molecular weight excluding hydrogens is 387 g/mol. The zero-order chi connectivity index (χ0) is 21.2. The Kier molecular flexibility index (Phi) is 6.03. The molecule has 0 unspecified atom stereocenters. The molecule has 6 heteroatoms. The van der Waals surface area contributed by atoms with Crippen molar-refractivity contribution in [2.45, 2.75) is 39.5 Å². The lowest BCUT2D eigenvalue weighted by Crippen LogP contribution is -2.17. The lowest BCUT2D eigenvalue weighted by molar-refractivity contribution is -0.115. The van der Waals surface area contributed by atoms with Crippen molar-refractivity contribution in [3.8, 4) is 17.0 Å². The third kappa shape index (κ3) is 5.01. The fourth-order valence-electron chi connectivity index (χ4n) is 3.03. The van der Waals surface area contributed by atoms with Gasteiger partial charge in [0, 0.05) is 10.4 Å². The number of ether oxygens (including phenoxy) is 1. The van der Waals surface area contributed by atoms with E-state index in [0.29, 0.717) is 11.4 Å².